The van der Waals surface area contributed by atoms with Crippen molar-refractivity contribution in [3.05, 3.63) is 23.9 Å². The van der Waals surface area contributed by atoms with Gasteiger partial charge in [-0.2, -0.15) is 5.26 Å². The Bertz CT molecular complexity index is 867. The summed E-state index contributed by atoms with van der Waals surface area (Å²) in [5.41, 5.74) is 0.394. The van der Waals surface area contributed by atoms with Crippen LogP contribution in [0.1, 0.15) is 50.6 Å². The highest BCUT2D eigenvalue weighted by atomic mass is 32.2. The molecule has 150 valence electrons. The third-order valence-electron chi connectivity index (χ3n) is 6.35. The molecule has 3 fully saturated rings. The van der Waals surface area contributed by atoms with E-state index in [4.69, 9.17) is 5.26 Å². The molecule has 0 spiro atoms. The summed E-state index contributed by atoms with van der Waals surface area (Å²) in [6.07, 6.45) is 5.78. The number of aromatic nitrogens is 1. The predicted molar refractivity (Wildman–Crippen MR) is 105 cm³/mol. The van der Waals surface area contributed by atoms with Gasteiger partial charge in [-0.05, 0) is 57.1 Å². The number of nitriles is 1. The molecule has 0 aromatic carbocycles. The van der Waals surface area contributed by atoms with Gasteiger partial charge < -0.3 is 10.2 Å². The van der Waals surface area contributed by atoms with Gasteiger partial charge in [-0.25, -0.2) is 13.4 Å². The van der Waals surface area contributed by atoms with Crippen LogP contribution in [0.4, 0.5) is 5.82 Å². The maximum atomic E-state index is 13.2. The highest BCUT2D eigenvalue weighted by Crippen LogP contribution is 2.37. The van der Waals surface area contributed by atoms with Gasteiger partial charge in [-0.15, -0.1) is 0 Å². The number of amides is 1. The van der Waals surface area contributed by atoms with Crippen molar-refractivity contribution in [2.75, 3.05) is 16.8 Å². The Kier molecular flexibility index (Phi) is 5.28. The second kappa shape index (κ2) is 7.70. The first-order valence-electron chi connectivity index (χ1n) is 10.1. The number of hydrogen-bond donors (Lipinski definition) is 1. The van der Waals surface area contributed by atoms with Crippen LogP contribution in [-0.2, 0) is 14.6 Å². The Labute approximate surface area is 166 Å². The van der Waals surface area contributed by atoms with Crippen molar-refractivity contribution in [3.63, 3.8) is 0 Å². The quantitative estimate of drug-likeness (QED) is 0.830. The molecule has 4 rings (SSSR count). The number of anilines is 1. The highest BCUT2D eigenvalue weighted by Gasteiger charge is 2.43. The molecule has 28 heavy (non-hydrogen) atoms. The smallest absolute Gasteiger partial charge is 0.226 e. The second-order valence-corrected chi connectivity index (χ2v) is 10.5. The summed E-state index contributed by atoms with van der Waals surface area (Å²) in [6, 6.07) is 8.08. The van der Waals surface area contributed by atoms with Gasteiger partial charge in [0.05, 0.1) is 11.5 Å². The third kappa shape index (κ3) is 4.00. The Morgan fingerprint density at radius 2 is 1.82 bits per heavy atom. The molecule has 8 heteroatoms. The molecule has 3 atom stereocenters. The van der Waals surface area contributed by atoms with E-state index in [0.717, 1.165) is 32.1 Å². The summed E-state index contributed by atoms with van der Waals surface area (Å²) in [6.45, 7) is 0. The first-order valence-corrected chi connectivity index (χ1v) is 11.9. The Hall–Kier alpha value is -2.14. The molecule has 3 aliphatic heterocycles. The van der Waals surface area contributed by atoms with E-state index in [9.17, 15) is 13.2 Å². The van der Waals surface area contributed by atoms with Gasteiger partial charge in [-0.1, -0.05) is 6.07 Å². The van der Waals surface area contributed by atoms with E-state index < -0.39 is 9.84 Å². The lowest BCUT2D eigenvalue weighted by molar-refractivity contribution is -0.145. The standard InChI is InChI=1S/C20H26N4O3S/c21-13-15-3-1-6-19(22-15)23-16-11-17-4-2-5-18(12-16)24(17)20(25)14-7-9-28(26,27)10-8-14/h1,3,6,14,16-18H,2,4-5,7-12H2,(H,22,23)/t16?,17-,18+. The van der Waals surface area contributed by atoms with Crippen molar-refractivity contribution in [1.29, 1.82) is 5.26 Å². The number of hydrogen-bond acceptors (Lipinski definition) is 6. The van der Waals surface area contributed by atoms with Gasteiger partial charge in [-0.3, -0.25) is 4.79 Å². The second-order valence-electron chi connectivity index (χ2n) is 8.24. The minimum Gasteiger partial charge on any atom is -0.367 e. The number of carbonyl (C=O) groups excluding carboxylic acids is 1. The van der Waals surface area contributed by atoms with Crippen molar-refractivity contribution in [2.45, 2.75) is 63.1 Å². The van der Waals surface area contributed by atoms with Crippen molar-refractivity contribution < 1.29 is 13.2 Å². The lowest BCUT2D eigenvalue weighted by Crippen LogP contribution is -2.58. The molecule has 3 saturated heterocycles. The SMILES string of the molecule is N#Cc1cccc(NC2C[C@H]3CCC[C@@H](C2)N3C(=O)C2CCS(=O)(=O)CC2)n1. The minimum absolute atomic E-state index is 0.137. The number of nitrogens with zero attached hydrogens (tertiary/aromatic N) is 3. The summed E-state index contributed by atoms with van der Waals surface area (Å²) >= 11 is 0. The van der Waals surface area contributed by atoms with Gasteiger partial charge in [0.15, 0.2) is 0 Å². The van der Waals surface area contributed by atoms with Crippen LogP contribution >= 0.6 is 0 Å². The summed E-state index contributed by atoms with van der Waals surface area (Å²) in [5, 5.41) is 12.5. The summed E-state index contributed by atoms with van der Waals surface area (Å²) in [4.78, 5) is 19.6. The number of rotatable bonds is 3. The Balaban J connectivity index is 1.43. The molecule has 0 aliphatic carbocycles. The maximum Gasteiger partial charge on any atom is 0.226 e. The molecule has 1 aromatic rings. The van der Waals surface area contributed by atoms with Crippen molar-refractivity contribution in [1.82, 2.24) is 9.88 Å². The molecule has 1 N–H and O–H groups in total. The summed E-state index contributed by atoms with van der Waals surface area (Å²) in [7, 11) is -2.96. The van der Waals surface area contributed by atoms with Gasteiger partial charge in [0, 0.05) is 24.0 Å². The van der Waals surface area contributed by atoms with E-state index >= 15 is 0 Å². The highest BCUT2D eigenvalue weighted by molar-refractivity contribution is 7.91. The predicted octanol–water partition coefficient (Wildman–Crippen LogP) is 2.10. The molecule has 4 heterocycles. The zero-order valence-electron chi connectivity index (χ0n) is 15.9. The van der Waals surface area contributed by atoms with Crippen LogP contribution < -0.4 is 5.32 Å². The molecular weight excluding hydrogens is 376 g/mol. The molecule has 0 saturated carbocycles. The molecule has 1 amide bonds. The van der Waals surface area contributed by atoms with E-state index in [1.807, 2.05) is 12.1 Å². The van der Waals surface area contributed by atoms with Crippen molar-refractivity contribution in [3.8, 4) is 6.07 Å². The number of piperidine rings is 2. The fourth-order valence-corrected chi connectivity index (χ4v) is 6.48. The number of nitrogens with one attached hydrogen (secondary N) is 1. The van der Waals surface area contributed by atoms with Gasteiger partial charge in [0.1, 0.15) is 27.4 Å². The Morgan fingerprint density at radius 3 is 2.46 bits per heavy atom. The molecule has 1 unspecified atom stereocenters. The van der Waals surface area contributed by atoms with Crippen LogP contribution in [0, 0.1) is 17.2 Å². The molecule has 2 bridgehead atoms. The molecular formula is C20H26N4O3S. The van der Waals surface area contributed by atoms with E-state index in [1.165, 1.54) is 0 Å². The summed E-state index contributed by atoms with van der Waals surface area (Å²) in [5.74, 6) is 0.993. The zero-order chi connectivity index (χ0) is 19.7. The van der Waals surface area contributed by atoms with Crippen LogP contribution in [0.3, 0.4) is 0 Å². The molecule has 3 aliphatic rings. The number of pyridine rings is 1. The van der Waals surface area contributed by atoms with Crippen LogP contribution in [0.15, 0.2) is 18.2 Å². The van der Waals surface area contributed by atoms with E-state index in [0.29, 0.717) is 24.4 Å². The van der Waals surface area contributed by atoms with Crippen LogP contribution in [-0.4, -0.2) is 53.8 Å². The fraction of sp³-hybridized carbons (Fsp3) is 0.650. The van der Waals surface area contributed by atoms with Crippen LogP contribution in [0.5, 0.6) is 0 Å². The third-order valence-corrected chi connectivity index (χ3v) is 8.06. The zero-order valence-corrected chi connectivity index (χ0v) is 16.7. The average molecular weight is 403 g/mol. The number of carbonyl (C=O) groups is 1. The lowest BCUT2D eigenvalue weighted by atomic mass is 9.80. The molecule has 0 radical (unpaired) electrons. The first-order chi connectivity index (χ1) is 13.4. The maximum absolute atomic E-state index is 13.2. The number of sulfone groups is 1. The Morgan fingerprint density at radius 1 is 1.14 bits per heavy atom. The van der Waals surface area contributed by atoms with Gasteiger partial charge in [0.25, 0.3) is 0 Å². The average Bonchev–Trinajstić information content (AvgIpc) is 2.67. The normalized spacial score (nSPS) is 29.7. The topological polar surface area (TPSA) is 103 Å². The van der Waals surface area contributed by atoms with Gasteiger partial charge >= 0.3 is 0 Å². The van der Waals surface area contributed by atoms with Crippen LogP contribution in [0.2, 0.25) is 0 Å². The fourth-order valence-electron chi connectivity index (χ4n) is 4.99. The van der Waals surface area contributed by atoms with Crippen molar-refractivity contribution >= 4 is 21.6 Å². The van der Waals surface area contributed by atoms with E-state index in [2.05, 4.69) is 21.3 Å². The minimum atomic E-state index is -2.96. The number of fused-ring (bicyclic) bond motifs is 2. The lowest BCUT2D eigenvalue weighted by Gasteiger charge is -2.50. The molecule has 1 aromatic heterocycles. The van der Waals surface area contributed by atoms with Gasteiger partial charge in [0.2, 0.25) is 5.91 Å². The summed E-state index contributed by atoms with van der Waals surface area (Å²) < 4.78 is 23.4. The van der Waals surface area contributed by atoms with E-state index in [1.54, 1.807) is 6.07 Å². The van der Waals surface area contributed by atoms with E-state index in [-0.39, 0.29) is 41.5 Å². The largest absolute Gasteiger partial charge is 0.367 e. The van der Waals surface area contributed by atoms with Crippen LogP contribution in [0.25, 0.3) is 0 Å². The monoisotopic (exact) mass is 402 g/mol. The van der Waals surface area contributed by atoms with Crippen molar-refractivity contribution in [2.24, 2.45) is 5.92 Å². The molecule has 7 nitrogen and oxygen atoms in total. The first kappa shape index (κ1) is 19.2.